The van der Waals surface area contributed by atoms with E-state index in [1.54, 1.807) is 24.3 Å². The van der Waals surface area contributed by atoms with Gasteiger partial charge in [0.15, 0.2) is 0 Å². The molecule has 0 saturated carbocycles. The summed E-state index contributed by atoms with van der Waals surface area (Å²) >= 11 is 6.11. The number of carbonyl (C=O) groups excluding carboxylic acids is 1. The fourth-order valence-corrected chi connectivity index (χ4v) is 2.17. The number of benzene rings is 2. The van der Waals surface area contributed by atoms with Gasteiger partial charge < -0.3 is 10.2 Å². The zero-order chi connectivity index (χ0) is 16.1. The number of aliphatic hydroxyl groups excluding tert-OH is 1. The quantitative estimate of drug-likeness (QED) is 0.503. The SMILES string of the molecule is O=C(O)C(=O)C=C(O)c1cccc(Cc2ccccc2Cl)c1. The number of halogens is 1. The van der Waals surface area contributed by atoms with E-state index in [2.05, 4.69) is 0 Å². The van der Waals surface area contributed by atoms with E-state index in [0.29, 0.717) is 23.1 Å². The number of hydrogen-bond acceptors (Lipinski definition) is 3. The van der Waals surface area contributed by atoms with Crippen molar-refractivity contribution in [1.29, 1.82) is 0 Å². The summed E-state index contributed by atoms with van der Waals surface area (Å²) in [5.41, 5.74) is 2.19. The first kappa shape index (κ1) is 15.8. The molecule has 2 rings (SSSR count). The molecule has 0 aliphatic heterocycles. The maximum Gasteiger partial charge on any atom is 0.376 e. The van der Waals surface area contributed by atoms with Gasteiger partial charge in [-0.1, -0.05) is 48.0 Å². The van der Waals surface area contributed by atoms with Crippen molar-refractivity contribution in [3.05, 3.63) is 76.3 Å². The van der Waals surface area contributed by atoms with Gasteiger partial charge in [0.05, 0.1) is 0 Å². The maximum atomic E-state index is 11.1. The van der Waals surface area contributed by atoms with E-state index >= 15 is 0 Å². The van der Waals surface area contributed by atoms with Crippen molar-refractivity contribution in [2.75, 3.05) is 0 Å². The van der Waals surface area contributed by atoms with Crippen LogP contribution in [0.4, 0.5) is 0 Å². The van der Waals surface area contributed by atoms with Crippen molar-refractivity contribution < 1.29 is 19.8 Å². The molecule has 2 aromatic rings. The summed E-state index contributed by atoms with van der Waals surface area (Å²) in [6, 6.07) is 14.3. The molecule has 4 nitrogen and oxygen atoms in total. The van der Waals surface area contributed by atoms with Gasteiger partial charge in [0.2, 0.25) is 0 Å². The van der Waals surface area contributed by atoms with Gasteiger partial charge in [0.25, 0.3) is 5.78 Å². The second-order valence-corrected chi connectivity index (χ2v) is 5.07. The summed E-state index contributed by atoms with van der Waals surface area (Å²) in [5, 5.41) is 19.0. The van der Waals surface area contributed by atoms with Crippen LogP contribution in [-0.2, 0) is 16.0 Å². The molecule has 0 atom stereocenters. The number of carbonyl (C=O) groups is 2. The third-order valence-corrected chi connectivity index (χ3v) is 3.42. The van der Waals surface area contributed by atoms with Gasteiger partial charge in [-0.3, -0.25) is 4.79 Å². The molecule has 22 heavy (non-hydrogen) atoms. The fraction of sp³-hybridized carbons (Fsp3) is 0.0588. The van der Waals surface area contributed by atoms with Crippen molar-refractivity contribution in [2.45, 2.75) is 6.42 Å². The highest BCUT2D eigenvalue weighted by Crippen LogP contribution is 2.21. The highest BCUT2D eigenvalue weighted by Gasteiger charge is 2.11. The molecular formula is C17H13ClO4. The Morgan fingerprint density at radius 3 is 2.45 bits per heavy atom. The molecule has 0 heterocycles. The molecular weight excluding hydrogens is 304 g/mol. The zero-order valence-electron chi connectivity index (χ0n) is 11.5. The van der Waals surface area contributed by atoms with Gasteiger partial charge in [-0.25, -0.2) is 4.79 Å². The molecule has 0 aliphatic carbocycles. The van der Waals surface area contributed by atoms with Crippen LogP contribution in [0.25, 0.3) is 5.76 Å². The van der Waals surface area contributed by atoms with Crippen molar-refractivity contribution in [3.8, 4) is 0 Å². The predicted octanol–water partition coefficient (Wildman–Crippen LogP) is 3.48. The van der Waals surface area contributed by atoms with Gasteiger partial charge in [0.1, 0.15) is 5.76 Å². The van der Waals surface area contributed by atoms with Crippen LogP contribution in [0.15, 0.2) is 54.6 Å². The van der Waals surface area contributed by atoms with E-state index in [1.165, 1.54) is 0 Å². The highest BCUT2D eigenvalue weighted by atomic mass is 35.5. The van der Waals surface area contributed by atoms with E-state index in [9.17, 15) is 14.7 Å². The Bertz CT molecular complexity index is 750. The van der Waals surface area contributed by atoms with Crippen molar-refractivity contribution in [1.82, 2.24) is 0 Å². The van der Waals surface area contributed by atoms with E-state index < -0.39 is 11.8 Å². The van der Waals surface area contributed by atoms with Gasteiger partial charge in [0, 0.05) is 16.7 Å². The number of carboxylic acids is 1. The van der Waals surface area contributed by atoms with E-state index in [1.807, 2.05) is 24.3 Å². The zero-order valence-corrected chi connectivity index (χ0v) is 12.2. The van der Waals surface area contributed by atoms with Crippen LogP contribution < -0.4 is 0 Å². The average Bonchev–Trinajstić information content (AvgIpc) is 2.49. The van der Waals surface area contributed by atoms with E-state index in [4.69, 9.17) is 16.7 Å². The molecule has 2 aromatic carbocycles. The van der Waals surface area contributed by atoms with Crippen LogP contribution in [-0.4, -0.2) is 22.0 Å². The summed E-state index contributed by atoms with van der Waals surface area (Å²) in [7, 11) is 0. The normalized spacial score (nSPS) is 11.2. The van der Waals surface area contributed by atoms with Gasteiger partial charge in [-0.15, -0.1) is 0 Å². The lowest BCUT2D eigenvalue weighted by Gasteiger charge is -2.06. The summed E-state index contributed by atoms with van der Waals surface area (Å²) in [4.78, 5) is 21.6. The number of rotatable bonds is 5. The highest BCUT2D eigenvalue weighted by molar-refractivity contribution is 6.38. The molecule has 0 bridgehead atoms. The summed E-state index contributed by atoms with van der Waals surface area (Å²) in [6.07, 6.45) is 1.25. The Balaban J connectivity index is 2.25. The first-order valence-corrected chi connectivity index (χ1v) is 6.86. The molecule has 0 unspecified atom stereocenters. The molecule has 2 N–H and O–H groups in total. The van der Waals surface area contributed by atoms with E-state index in [-0.39, 0.29) is 5.76 Å². The van der Waals surface area contributed by atoms with Crippen LogP contribution in [0.3, 0.4) is 0 Å². The first-order valence-electron chi connectivity index (χ1n) is 6.48. The largest absolute Gasteiger partial charge is 0.507 e. The van der Waals surface area contributed by atoms with Gasteiger partial charge >= 0.3 is 5.97 Å². The second-order valence-electron chi connectivity index (χ2n) is 4.67. The fourth-order valence-electron chi connectivity index (χ4n) is 1.97. The van der Waals surface area contributed by atoms with Crippen LogP contribution in [0, 0.1) is 0 Å². The molecule has 0 amide bonds. The van der Waals surface area contributed by atoms with Gasteiger partial charge in [-0.05, 0) is 29.7 Å². The molecule has 0 spiro atoms. The number of hydrogen-bond donors (Lipinski definition) is 2. The smallest absolute Gasteiger partial charge is 0.376 e. The molecule has 0 aliphatic rings. The molecule has 0 radical (unpaired) electrons. The van der Waals surface area contributed by atoms with Crippen molar-refractivity contribution in [3.63, 3.8) is 0 Å². The molecule has 0 fully saturated rings. The van der Waals surface area contributed by atoms with Crippen LogP contribution in [0.1, 0.15) is 16.7 Å². The average molecular weight is 317 g/mol. The second kappa shape index (κ2) is 6.91. The minimum atomic E-state index is -1.61. The Labute approximate surface area is 132 Å². The lowest BCUT2D eigenvalue weighted by Crippen LogP contribution is -2.09. The Kier molecular flexibility index (Phi) is 4.96. The van der Waals surface area contributed by atoms with E-state index in [0.717, 1.165) is 11.1 Å². The minimum Gasteiger partial charge on any atom is -0.507 e. The maximum absolute atomic E-state index is 11.1. The number of ketones is 1. The number of aliphatic carboxylic acids is 1. The Morgan fingerprint density at radius 2 is 1.77 bits per heavy atom. The summed E-state index contributed by atoms with van der Waals surface area (Å²) in [5.74, 6) is -3.17. The first-order chi connectivity index (χ1) is 10.5. The number of carboxylic acid groups (broad SMARTS) is 1. The molecule has 112 valence electrons. The lowest BCUT2D eigenvalue weighted by molar-refractivity contribution is -0.146. The predicted molar refractivity (Wildman–Crippen MR) is 83.9 cm³/mol. The Hall–Kier alpha value is -2.59. The summed E-state index contributed by atoms with van der Waals surface area (Å²) in [6.45, 7) is 0. The van der Waals surface area contributed by atoms with Crippen molar-refractivity contribution >= 4 is 29.1 Å². The number of aliphatic hydroxyl groups is 1. The molecule has 5 heteroatoms. The van der Waals surface area contributed by atoms with Crippen LogP contribution in [0.2, 0.25) is 5.02 Å². The monoisotopic (exact) mass is 316 g/mol. The lowest BCUT2D eigenvalue weighted by atomic mass is 10.0. The van der Waals surface area contributed by atoms with Gasteiger partial charge in [-0.2, -0.15) is 0 Å². The van der Waals surface area contributed by atoms with Crippen LogP contribution >= 0.6 is 11.6 Å². The van der Waals surface area contributed by atoms with Crippen molar-refractivity contribution in [2.24, 2.45) is 0 Å². The summed E-state index contributed by atoms with van der Waals surface area (Å²) < 4.78 is 0. The third kappa shape index (κ3) is 3.96. The molecule has 0 saturated heterocycles. The Morgan fingerprint density at radius 1 is 1.05 bits per heavy atom. The van der Waals surface area contributed by atoms with Crippen LogP contribution in [0.5, 0.6) is 0 Å². The topological polar surface area (TPSA) is 74.6 Å². The third-order valence-electron chi connectivity index (χ3n) is 3.05. The molecule has 0 aromatic heterocycles. The minimum absolute atomic E-state index is 0.374. The standard InChI is InChI=1S/C17H13ClO4/c18-14-7-2-1-5-12(14)8-11-4-3-6-13(9-11)15(19)10-16(20)17(21)22/h1-7,9-10,19H,8H2,(H,21,22).